The van der Waals surface area contributed by atoms with Crippen LogP contribution >= 0.6 is 0 Å². The van der Waals surface area contributed by atoms with Crippen molar-refractivity contribution in [3.8, 4) is 0 Å². The topological polar surface area (TPSA) is 63.6 Å². The molecule has 0 saturated heterocycles. The third kappa shape index (κ3) is 1.74. The molecule has 0 unspecified atom stereocenters. The van der Waals surface area contributed by atoms with Crippen LogP contribution in [-0.4, -0.2) is 19.5 Å². The van der Waals surface area contributed by atoms with Crippen LogP contribution in [0.15, 0.2) is 4.79 Å². The standard InChI is InChI=1S/C13H18N4O/c1-8-14-12-11(13(18)15-8)16-9(2)17(12)10-6-4-3-5-7-10/h10H,3-7H2,1-2H3,(H,14,15,18). The first-order chi connectivity index (χ1) is 8.66. The van der Waals surface area contributed by atoms with E-state index in [1.54, 1.807) is 0 Å². The molecule has 96 valence electrons. The number of nitrogens with zero attached hydrogens (tertiary/aromatic N) is 3. The van der Waals surface area contributed by atoms with E-state index in [0.717, 1.165) is 11.5 Å². The van der Waals surface area contributed by atoms with E-state index in [2.05, 4.69) is 19.5 Å². The number of aromatic amines is 1. The number of aryl methyl sites for hydroxylation is 2. The highest BCUT2D eigenvalue weighted by Gasteiger charge is 2.21. The van der Waals surface area contributed by atoms with Crippen molar-refractivity contribution in [1.29, 1.82) is 0 Å². The van der Waals surface area contributed by atoms with Gasteiger partial charge >= 0.3 is 0 Å². The molecule has 5 nitrogen and oxygen atoms in total. The monoisotopic (exact) mass is 246 g/mol. The summed E-state index contributed by atoms with van der Waals surface area (Å²) in [5.74, 6) is 1.56. The smallest absolute Gasteiger partial charge is 0.279 e. The van der Waals surface area contributed by atoms with Gasteiger partial charge in [-0.25, -0.2) is 9.97 Å². The highest BCUT2D eigenvalue weighted by Crippen LogP contribution is 2.30. The molecule has 1 aliphatic rings. The predicted octanol–water partition coefficient (Wildman–Crippen LogP) is 2.24. The third-order valence-corrected chi connectivity index (χ3v) is 3.79. The van der Waals surface area contributed by atoms with Crippen LogP contribution in [0, 0.1) is 13.8 Å². The van der Waals surface area contributed by atoms with E-state index in [9.17, 15) is 4.79 Å². The van der Waals surface area contributed by atoms with Gasteiger partial charge in [0.25, 0.3) is 5.56 Å². The van der Waals surface area contributed by atoms with Crippen molar-refractivity contribution in [2.45, 2.75) is 52.0 Å². The van der Waals surface area contributed by atoms with Crippen molar-refractivity contribution in [2.24, 2.45) is 0 Å². The van der Waals surface area contributed by atoms with Crippen LogP contribution in [0.25, 0.3) is 11.2 Å². The fraction of sp³-hybridized carbons (Fsp3) is 0.615. The average Bonchev–Trinajstić information content (AvgIpc) is 2.67. The van der Waals surface area contributed by atoms with Crippen LogP contribution in [-0.2, 0) is 0 Å². The summed E-state index contributed by atoms with van der Waals surface area (Å²) in [7, 11) is 0. The molecule has 1 saturated carbocycles. The second-order valence-corrected chi connectivity index (χ2v) is 5.14. The Labute approximate surface area is 105 Å². The number of H-pyrrole nitrogens is 1. The van der Waals surface area contributed by atoms with Gasteiger partial charge in [-0.15, -0.1) is 0 Å². The lowest BCUT2D eigenvalue weighted by molar-refractivity contribution is 0.354. The van der Waals surface area contributed by atoms with E-state index in [1.165, 1.54) is 32.1 Å². The Morgan fingerprint density at radius 1 is 1.17 bits per heavy atom. The summed E-state index contributed by atoms with van der Waals surface area (Å²) >= 11 is 0. The minimum atomic E-state index is -0.129. The molecule has 3 rings (SSSR count). The summed E-state index contributed by atoms with van der Waals surface area (Å²) in [4.78, 5) is 23.5. The maximum Gasteiger partial charge on any atom is 0.279 e. The van der Waals surface area contributed by atoms with Gasteiger partial charge in [0.05, 0.1) is 0 Å². The molecule has 0 amide bonds. The minimum absolute atomic E-state index is 0.129. The number of imidazole rings is 1. The molecule has 5 heteroatoms. The van der Waals surface area contributed by atoms with E-state index in [1.807, 2.05) is 13.8 Å². The van der Waals surface area contributed by atoms with Crippen LogP contribution in [0.3, 0.4) is 0 Å². The molecule has 0 aliphatic heterocycles. The van der Waals surface area contributed by atoms with Crippen molar-refractivity contribution >= 4 is 11.2 Å². The van der Waals surface area contributed by atoms with Crippen molar-refractivity contribution in [3.05, 3.63) is 22.0 Å². The van der Waals surface area contributed by atoms with Crippen molar-refractivity contribution in [1.82, 2.24) is 19.5 Å². The van der Waals surface area contributed by atoms with E-state index in [0.29, 0.717) is 17.4 Å². The number of aromatic nitrogens is 4. The van der Waals surface area contributed by atoms with Crippen LogP contribution in [0.4, 0.5) is 0 Å². The van der Waals surface area contributed by atoms with Crippen LogP contribution in [0.5, 0.6) is 0 Å². The molecule has 18 heavy (non-hydrogen) atoms. The molecular formula is C13H18N4O. The zero-order chi connectivity index (χ0) is 12.7. The van der Waals surface area contributed by atoms with Gasteiger partial charge < -0.3 is 9.55 Å². The molecule has 0 aromatic carbocycles. The van der Waals surface area contributed by atoms with Gasteiger partial charge in [0.1, 0.15) is 11.6 Å². The van der Waals surface area contributed by atoms with Crippen molar-refractivity contribution in [3.63, 3.8) is 0 Å². The summed E-state index contributed by atoms with van der Waals surface area (Å²) in [5, 5.41) is 0. The van der Waals surface area contributed by atoms with Gasteiger partial charge in [0.15, 0.2) is 11.2 Å². The molecule has 2 heterocycles. The van der Waals surface area contributed by atoms with Crippen molar-refractivity contribution in [2.75, 3.05) is 0 Å². The fourth-order valence-electron chi connectivity index (χ4n) is 2.98. The lowest BCUT2D eigenvalue weighted by Crippen LogP contribution is -2.16. The number of hydrogen-bond acceptors (Lipinski definition) is 3. The molecule has 1 N–H and O–H groups in total. The lowest BCUT2D eigenvalue weighted by Gasteiger charge is -2.24. The Morgan fingerprint density at radius 2 is 1.89 bits per heavy atom. The van der Waals surface area contributed by atoms with Gasteiger partial charge in [-0.1, -0.05) is 19.3 Å². The molecule has 1 aliphatic carbocycles. The third-order valence-electron chi connectivity index (χ3n) is 3.79. The van der Waals surface area contributed by atoms with E-state index in [-0.39, 0.29) is 5.56 Å². The zero-order valence-corrected chi connectivity index (χ0v) is 10.9. The summed E-state index contributed by atoms with van der Waals surface area (Å²) in [6, 6.07) is 0.456. The van der Waals surface area contributed by atoms with Gasteiger partial charge in [-0.2, -0.15) is 0 Å². The minimum Gasteiger partial charge on any atom is -0.310 e. The normalized spacial score (nSPS) is 17.4. The summed E-state index contributed by atoms with van der Waals surface area (Å²) in [5.41, 5.74) is 1.10. The van der Waals surface area contributed by atoms with Gasteiger partial charge in [-0.3, -0.25) is 4.79 Å². The molecule has 2 aromatic rings. The first kappa shape index (κ1) is 11.4. The van der Waals surface area contributed by atoms with Crippen LogP contribution in [0.1, 0.15) is 49.8 Å². The molecular weight excluding hydrogens is 228 g/mol. The quantitative estimate of drug-likeness (QED) is 0.839. The Morgan fingerprint density at radius 3 is 2.61 bits per heavy atom. The van der Waals surface area contributed by atoms with E-state index < -0.39 is 0 Å². The lowest BCUT2D eigenvalue weighted by atomic mass is 9.95. The number of fused-ring (bicyclic) bond motifs is 1. The van der Waals surface area contributed by atoms with Gasteiger partial charge in [0, 0.05) is 6.04 Å². The number of hydrogen-bond donors (Lipinski definition) is 1. The second-order valence-electron chi connectivity index (χ2n) is 5.14. The Hall–Kier alpha value is -1.65. The zero-order valence-electron chi connectivity index (χ0n) is 10.9. The van der Waals surface area contributed by atoms with Crippen molar-refractivity contribution < 1.29 is 0 Å². The Bertz CT molecular complexity index is 634. The maximum absolute atomic E-state index is 11.9. The molecule has 1 fully saturated rings. The Balaban J connectivity index is 2.21. The molecule has 0 atom stereocenters. The second kappa shape index (κ2) is 4.23. The summed E-state index contributed by atoms with van der Waals surface area (Å²) < 4.78 is 2.16. The summed E-state index contributed by atoms with van der Waals surface area (Å²) in [6.07, 6.45) is 6.16. The SMILES string of the molecule is Cc1nc2c(nc(C)n2C2CCCCC2)c(=O)[nH]1. The molecule has 0 radical (unpaired) electrons. The summed E-state index contributed by atoms with van der Waals surface area (Å²) in [6.45, 7) is 3.78. The van der Waals surface area contributed by atoms with Crippen LogP contribution < -0.4 is 5.56 Å². The first-order valence-corrected chi connectivity index (χ1v) is 6.62. The number of nitrogens with one attached hydrogen (secondary N) is 1. The first-order valence-electron chi connectivity index (χ1n) is 6.62. The van der Waals surface area contributed by atoms with E-state index >= 15 is 0 Å². The predicted molar refractivity (Wildman–Crippen MR) is 69.7 cm³/mol. The van der Waals surface area contributed by atoms with Gasteiger partial charge in [-0.05, 0) is 26.7 Å². The highest BCUT2D eigenvalue weighted by molar-refractivity contribution is 5.70. The Kier molecular flexibility index (Phi) is 2.69. The van der Waals surface area contributed by atoms with Gasteiger partial charge in [0.2, 0.25) is 0 Å². The molecule has 0 bridgehead atoms. The molecule has 2 aromatic heterocycles. The van der Waals surface area contributed by atoms with E-state index in [4.69, 9.17) is 0 Å². The number of rotatable bonds is 1. The molecule has 0 spiro atoms. The maximum atomic E-state index is 11.9. The van der Waals surface area contributed by atoms with Crippen LogP contribution in [0.2, 0.25) is 0 Å². The largest absolute Gasteiger partial charge is 0.310 e. The fourth-order valence-corrected chi connectivity index (χ4v) is 2.98. The average molecular weight is 246 g/mol. The highest BCUT2D eigenvalue weighted by atomic mass is 16.1.